The summed E-state index contributed by atoms with van der Waals surface area (Å²) in [5, 5.41) is 2.64. The number of nitrogens with zero attached hydrogens (tertiary/aromatic N) is 1. The van der Waals surface area contributed by atoms with Crippen LogP contribution in [0.3, 0.4) is 0 Å². The molecular formula is C24H37Cl3N2O7. The summed E-state index contributed by atoms with van der Waals surface area (Å²) in [4.78, 5) is 52.4. The quantitative estimate of drug-likeness (QED) is 0.230. The molecule has 0 saturated carbocycles. The minimum absolute atomic E-state index is 0.126. The molecule has 0 radical (unpaired) electrons. The molecule has 0 spiro atoms. The van der Waals surface area contributed by atoms with Crippen LogP contribution < -0.4 is 5.32 Å². The van der Waals surface area contributed by atoms with Gasteiger partial charge in [-0.3, -0.25) is 19.2 Å². The molecule has 0 unspecified atom stereocenters. The minimum Gasteiger partial charge on any atom is -0.461 e. The van der Waals surface area contributed by atoms with Crippen molar-refractivity contribution in [3.63, 3.8) is 0 Å². The molecule has 1 fully saturated rings. The van der Waals surface area contributed by atoms with Gasteiger partial charge in [0.2, 0.25) is 9.70 Å². The standard InChI is InChI=1S/C24H37Cl3N2O7/c1-7-9-18(34-6)15(4)22(32)36-19(14(2)3)20(30)28-16(5)21(31)29-11-8-10-17(12-29)23(33)35-13-24(25,26)27/h7,9,14-19H,8,10-13H2,1-6H3,(H,28,30)/b9-7+/t15-,16+,17-,18-,19+/m1/s1. The number of ether oxygens (including phenoxy) is 3. The number of carbonyl (C=O) groups excluding carboxylic acids is 4. The molecule has 0 aliphatic carbocycles. The molecule has 0 aromatic heterocycles. The van der Waals surface area contributed by atoms with Gasteiger partial charge in [-0.05, 0) is 39.5 Å². The first kappa shape index (κ1) is 32.5. The Labute approximate surface area is 228 Å². The van der Waals surface area contributed by atoms with Crippen LogP contribution in [0.4, 0.5) is 0 Å². The van der Waals surface area contributed by atoms with Crippen molar-refractivity contribution in [2.45, 2.75) is 69.5 Å². The largest absolute Gasteiger partial charge is 0.461 e. The highest BCUT2D eigenvalue weighted by Gasteiger charge is 2.36. The number of piperidine rings is 1. The Kier molecular flexibility index (Phi) is 13.5. The zero-order chi connectivity index (χ0) is 27.6. The van der Waals surface area contributed by atoms with Crippen LogP contribution in [0.2, 0.25) is 0 Å². The van der Waals surface area contributed by atoms with E-state index in [1.54, 1.807) is 39.8 Å². The van der Waals surface area contributed by atoms with Gasteiger partial charge >= 0.3 is 11.9 Å². The molecule has 9 nitrogen and oxygen atoms in total. The van der Waals surface area contributed by atoms with Gasteiger partial charge in [-0.15, -0.1) is 0 Å². The number of allylic oxidation sites excluding steroid dienone is 1. The molecule has 1 saturated heterocycles. The Bertz CT molecular complexity index is 801. The van der Waals surface area contributed by atoms with Gasteiger partial charge in [0.25, 0.3) is 5.91 Å². The van der Waals surface area contributed by atoms with E-state index in [2.05, 4.69) is 5.32 Å². The van der Waals surface area contributed by atoms with Crippen molar-refractivity contribution in [3.05, 3.63) is 12.2 Å². The van der Waals surface area contributed by atoms with Crippen molar-refractivity contribution in [2.24, 2.45) is 17.8 Å². The smallest absolute Gasteiger partial charge is 0.312 e. The number of carbonyl (C=O) groups is 4. The summed E-state index contributed by atoms with van der Waals surface area (Å²) in [7, 11) is 1.49. The maximum absolute atomic E-state index is 13.0. The number of hydrogen-bond acceptors (Lipinski definition) is 7. The van der Waals surface area contributed by atoms with Gasteiger partial charge in [0.05, 0.1) is 17.9 Å². The average molecular weight is 572 g/mol. The van der Waals surface area contributed by atoms with Crippen molar-refractivity contribution in [1.82, 2.24) is 10.2 Å². The van der Waals surface area contributed by atoms with E-state index in [-0.39, 0.29) is 25.0 Å². The van der Waals surface area contributed by atoms with Crippen LogP contribution in [0.25, 0.3) is 0 Å². The van der Waals surface area contributed by atoms with E-state index in [9.17, 15) is 19.2 Å². The van der Waals surface area contributed by atoms with E-state index in [0.717, 1.165) is 0 Å². The lowest BCUT2D eigenvalue weighted by Crippen LogP contribution is -2.53. The summed E-state index contributed by atoms with van der Waals surface area (Å²) in [5.74, 6) is -3.61. The molecular weight excluding hydrogens is 535 g/mol. The van der Waals surface area contributed by atoms with Crippen LogP contribution in [0.15, 0.2) is 12.2 Å². The second kappa shape index (κ2) is 15.0. The molecule has 0 aromatic carbocycles. The number of amides is 2. The van der Waals surface area contributed by atoms with Gasteiger partial charge < -0.3 is 24.4 Å². The monoisotopic (exact) mass is 570 g/mol. The van der Waals surface area contributed by atoms with Crippen LogP contribution in [-0.2, 0) is 33.4 Å². The lowest BCUT2D eigenvalue weighted by atomic mass is 9.97. The van der Waals surface area contributed by atoms with Gasteiger partial charge in [-0.2, -0.15) is 0 Å². The Morgan fingerprint density at radius 3 is 2.31 bits per heavy atom. The summed E-state index contributed by atoms with van der Waals surface area (Å²) in [6, 6.07) is -0.902. The van der Waals surface area contributed by atoms with E-state index in [1.807, 2.05) is 6.92 Å². The van der Waals surface area contributed by atoms with Crippen LogP contribution in [0, 0.1) is 17.8 Å². The molecule has 1 aliphatic rings. The summed E-state index contributed by atoms with van der Waals surface area (Å²) >= 11 is 16.9. The van der Waals surface area contributed by atoms with E-state index in [0.29, 0.717) is 19.4 Å². The van der Waals surface area contributed by atoms with Crippen molar-refractivity contribution < 1.29 is 33.4 Å². The Hall–Kier alpha value is -1.55. The Morgan fingerprint density at radius 2 is 1.78 bits per heavy atom. The maximum Gasteiger partial charge on any atom is 0.312 e. The third-order valence-corrected chi connectivity index (χ3v) is 6.13. The first-order valence-corrected chi connectivity index (χ1v) is 13.0. The number of halogens is 3. The molecule has 1 N–H and O–H groups in total. The third kappa shape index (κ3) is 10.4. The summed E-state index contributed by atoms with van der Waals surface area (Å²) < 4.78 is 14.1. The number of hydrogen-bond donors (Lipinski definition) is 1. The van der Waals surface area contributed by atoms with Crippen LogP contribution in [0.5, 0.6) is 0 Å². The first-order valence-electron chi connectivity index (χ1n) is 11.9. The minimum atomic E-state index is -1.72. The molecule has 2 amide bonds. The van der Waals surface area contributed by atoms with Crippen molar-refractivity contribution >= 4 is 58.6 Å². The van der Waals surface area contributed by atoms with Gasteiger partial charge in [-0.1, -0.05) is 60.8 Å². The molecule has 1 heterocycles. The number of rotatable bonds is 11. The van der Waals surface area contributed by atoms with Crippen LogP contribution in [0.1, 0.15) is 47.5 Å². The topological polar surface area (TPSA) is 111 Å². The van der Waals surface area contributed by atoms with Crippen molar-refractivity contribution in [2.75, 3.05) is 26.8 Å². The number of methoxy groups -OCH3 is 1. The van der Waals surface area contributed by atoms with Crippen LogP contribution >= 0.6 is 34.8 Å². The zero-order valence-electron chi connectivity index (χ0n) is 21.6. The molecule has 1 aliphatic heterocycles. The fraction of sp³-hybridized carbons (Fsp3) is 0.750. The summed E-state index contributed by atoms with van der Waals surface area (Å²) in [6.45, 7) is 8.66. The highest BCUT2D eigenvalue weighted by atomic mass is 35.6. The first-order chi connectivity index (χ1) is 16.7. The zero-order valence-corrected chi connectivity index (χ0v) is 23.9. The van der Waals surface area contributed by atoms with E-state index in [4.69, 9.17) is 49.0 Å². The van der Waals surface area contributed by atoms with Crippen molar-refractivity contribution in [3.8, 4) is 0 Å². The second-order valence-electron chi connectivity index (χ2n) is 9.19. The average Bonchev–Trinajstić information content (AvgIpc) is 2.82. The highest BCUT2D eigenvalue weighted by Crippen LogP contribution is 2.27. The predicted molar refractivity (Wildman–Crippen MR) is 138 cm³/mol. The predicted octanol–water partition coefficient (Wildman–Crippen LogP) is 3.44. The maximum atomic E-state index is 13.0. The third-order valence-electron chi connectivity index (χ3n) is 5.80. The van der Waals surface area contributed by atoms with E-state index < -0.39 is 51.7 Å². The molecule has 0 aromatic rings. The highest BCUT2D eigenvalue weighted by molar-refractivity contribution is 6.67. The fourth-order valence-corrected chi connectivity index (χ4v) is 3.93. The van der Waals surface area contributed by atoms with Gasteiger partial charge in [0.15, 0.2) is 6.10 Å². The van der Waals surface area contributed by atoms with Crippen LogP contribution in [-0.4, -0.2) is 77.5 Å². The summed E-state index contributed by atoms with van der Waals surface area (Å²) in [6.07, 6.45) is 3.02. The number of esters is 2. The Morgan fingerprint density at radius 1 is 1.14 bits per heavy atom. The van der Waals surface area contributed by atoms with Gasteiger partial charge in [0.1, 0.15) is 12.6 Å². The Balaban J connectivity index is 2.76. The molecule has 1 rings (SSSR count). The molecule has 12 heteroatoms. The lowest BCUT2D eigenvalue weighted by molar-refractivity contribution is -0.165. The van der Waals surface area contributed by atoms with Gasteiger partial charge in [-0.25, -0.2) is 0 Å². The molecule has 206 valence electrons. The lowest BCUT2D eigenvalue weighted by Gasteiger charge is -2.34. The van der Waals surface area contributed by atoms with Crippen molar-refractivity contribution in [1.29, 1.82) is 0 Å². The number of likely N-dealkylation sites (tertiary alicyclic amines) is 1. The number of alkyl halides is 3. The molecule has 5 atom stereocenters. The molecule has 36 heavy (non-hydrogen) atoms. The fourth-order valence-electron chi connectivity index (χ4n) is 3.77. The van der Waals surface area contributed by atoms with E-state index >= 15 is 0 Å². The normalized spacial score (nSPS) is 19.9. The second-order valence-corrected chi connectivity index (χ2v) is 11.7. The molecule has 0 bridgehead atoms. The SMILES string of the molecule is C/C=C/[C@@H](OC)[C@@H](C)C(=O)O[C@H](C(=O)N[C@@H](C)C(=O)N1CCC[C@@H](C(=O)OCC(Cl)(Cl)Cl)C1)C(C)C. The number of nitrogens with one attached hydrogen (secondary N) is 1. The summed E-state index contributed by atoms with van der Waals surface area (Å²) in [5.41, 5.74) is 0. The van der Waals surface area contributed by atoms with Gasteiger partial charge in [0, 0.05) is 20.2 Å². The van der Waals surface area contributed by atoms with E-state index in [1.165, 1.54) is 12.0 Å².